The van der Waals surface area contributed by atoms with E-state index in [2.05, 4.69) is 31.3 Å². The van der Waals surface area contributed by atoms with Gasteiger partial charge in [-0.15, -0.1) is 0 Å². The summed E-state index contributed by atoms with van der Waals surface area (Å²) in [4.78, 5) is 0. The SMILES string of the molecule is C[C@@H]1CC=C[C@H](C)N1. The van der Waals surface area contributed by atoms with Gasteiger partial charge in [-0.1, -0.05) is 12.2 Å². The van der Waals surface area contributed by atoms with E-state index in [9.17, 15) is 0 Å². The smallest absolute Gasteiger partial charge is 0.0224 e. The van der Waals surface area contributed by atoms with Crippen LogP contribution in [-0.4, -0.2) is 12.1 Å². The highest BCUT2D eigenvalue weighted by molar-refractivity contribution is 4.98. The van der Waals surface area contributed by atoms with E-state index in [0.29, 0.717) is 12.1 Å². The lowest BCUT2D eigenvalue weighted by Gasteiger charge is -2.20. The Morgan fingerprint density at radius 3 is 2.62 bits per heavy atom. The average Bonchev–Trinajstić information content (AvgIpc) is 1.64. The molecule has 0 spiro atoms. The monoisotopic (exact) mass is 111 g/mol. The zero-order valence-corrected chi connectivity index (χ0v) is 5.52. The molecule has 0 aromatic carbocycles. The first-order valence-corrected chi connectivity index (χ1v) is 3.22. The van der Waals surface area contributed by atoms with Crippen molar-refractivity contribution in [2.75, 3.05) is 0 Å². The number of hydrogen-bond acceptors (Lipinski definition) is 1. The molecule has 1 heteroatoms. The Bertz CT molecular complexity index is 96.6. The first-order chi connectivity index (χ1) is 3.79. The minimum Gasteiger partial charge on any atom is -0.308 e. The van der Waals surface area contributed by atoms with E-state index in [0.717, 1.165) is 0 Å². The number of rotatable bonds is 0. The van der Waals surface area contributed by atoms with Gasteiger partial charge in [-0.05, 0) is 20.3 Å². The van der Waals surface area contributed by atoms with Crippen molar-refractivity contribution < 1.29 is 0 Å². The molecule has 1 N–H and O–H groups in total. The van der Waals surface area contributed by atoms with E-state index >= 15 is 0 Å². The summed E-state index contributed by atoms with van der Waals surface area (Å²) in [6.45, 7) is 4.38. The molecule has 1 aliphatic rings. The third kappa shape index (κ3) is 1.34. The van der Waals surface area contributed by atoms with Gasteiger partial charge in [0, 0.05) is 12.1 Å². The molecule has 46 valence electrons. The fraction of sp³-hybridized carbons (Fsp3) is 0.714. The molecule has 2 atom stereocenters. The molecule has 0 unspecified atom stereocenters. The van der Waals surface area contributed by atoms with Crippen LogP contribution in [0.25, 0.3) is 0 Å². The van der Waals surface area contributed by atoms with Crippen molar-refractivity contribution in [1.82, 2.24) is 5.32 Å². The highest BCUT2D eigenvalue weighted by Gasteiger charge is 2.06. The van der Waals surface area contributed by atoms with Crippen molar-refractivity contribution >= 4 is 0 Å². The molecule has 0 aromatic heterocycles. The van der Waals surface area contributed by atoms with Gasteiger partial charge in [0.25, 0.3) is 0 Å². The summed E-state index contributed by atoms with van der Waals surface area (Å²) >= 11 is 0. The van der Waals surface area contributed by atoms with Crippen molar-refractivity contribution in [2.24, 2.45) is 0 Å². The van der Waals surface area contributed by atoms with Crippen LogP contribution in [0.2, 0.25) is 0 Å². The van der Waals surface area contributed by atoms with Gasteiger partial charge in [-0.25, -0.2) is 0 Å². The maximum Gasteiger partial charge on any atom is 0.0224 e. The van der Waals surface area contributed by atoms with E-state index in [1.54, 1.807) is 0 Å². The van der Waals surface area contributed by atoms with Crippen molar-refractivity contribution in [3.63, 3.8) is 0 Å². The molecule has 0 saturated carbocycles. The predicted octanol–water partition coefficient (Wildman–Crippen LogP) is 1.31. The van der Waals surface area contributed by atoms with Gasteiger partial charge in [0.15, 0.2) is 0 Å². The van der Waals surface area contributed by atoms with Crippen LogP contribution in [0.4, 0.5) is 0 Å². The van der Waals surface area contributed by atoms with E-state index in [1.807, 2.05) is 0 Å². The van der Waals surface area contributed by atoms with Crippen LogP contribution in [0.5, 0.6) is 0 Å². The zero-order valence-electron chi connectivity index (χ0n) is 5.52. The molecule has 1 rings (SSSR count). The van der Waals surface area contributed by atoms with Crippen LogP contribution in [-0.2, 0) is 0 Å². The summed E-state index contributed by atoms with van der Waals surface area (Å²) < 4.78 is 0. The largest absolute Gasteiger partial charge is 0.308 e. The summed E-state index contributed by atoms with van der Waals surface area (Å²) in [6, 6.07) is 1.26. The minimum atomic E-state index is 0.582. The van der Waals surface area contributed by atoms with Gasteiger partial charge < -0.3 is 5.32 Å². The standard InChI is InChI=1S/C7H13N/c1-6-4-3-5-7(2)8-6/h3-4,6-8H,5H2,1-2H3/t6-,7+/m0/s1. The zero-order chi connectivity index (χ0) is 5.98. The Morgan fingerprint density at radius 1 is 1.50 bits per heavy atom. The fourth-order valence-electron chi connectivity index (χ4n) is 1.06. The van der Waals surface area contributed by atoms with Gasteiger partial charge in [0.2, 0.25) is 0 Å². The highest BCUT2D eigenvalue weighted by Crippen LogP contribution is 2.01. The van der Waals surface area contributed by atoms with Crippen molar-refractivity contribution in [3.05, 3.63) is 12.2 Å². The Kier molecular flexibility index (Phi) is 1.69. The first-order valence-electron chi connectivity index (χ1n) is 3.22. The molecule has 1 aliphatic heterocycles. The van der Waals surface area contributed by atoms with E-state index in [4.69, 9.17) is 0 Å². The molecule has 1 nitrogen and oxygen atoms in total. The quantitative estimate of drug-likeness (QED) is 0.465. The molecule has 0 aliphatic carbocycles. The summed E-state index contributed by atoms with van der Waals surface area (Å²) in [5, 5.41) is 3.39. The molecule has 8 heavy (non-hydrogen) atoms. The normalized spacial score (nSPS) is 37.8. The Balaban J connectivity index is 2.42. The molecule has 0 fully saturated rings. The lowest BCUT2D eigenvalue weighted by molar-refractivity contribution is 0.499. The number of hydrogen-bond donors (Lipinski definition) is 1. The molecule has 0 bridgehead atoms. The first kappa shape index (κ1) is 5.83. The third-order valence-electron chi connectivity index (χ3n) is 1.46. The van der Waals surface area contributed by atoms with Gasteiger partial charge in [0.05, 0.1) is 0 Å². The van der Waals surface area contributed by atoms with Crippen LogP contribution >= 0.6 is 0 Å². The van der Waals surface area contributed by atoms with Crippen LogP contribution in [0.1, 0.15) is 20.3 Å². The Hall–Kier alpha value is -0.300. The molecule has 1 heterocycles. The maximum atomic E-state index is 3.39. The molecular weight excluding hydrogens is 98.1 g/mol. The molecule has 0 saturated heterocycles. The van der Waals surface area contributed by atoms with E-state index in [1.165, 1.54) is 6.42 Å². The van der Waals surface area contributed by atoms with Crippen LogP contribution in [0.3, 0.4) is 0 Å². The maximum absolute atomic E-state index is 3.39. The van der Waals surface area contributed by atoms with E-state index < -0.39 is 0 Å². The van der Waals surface area contributed by atoms with Gasteiger partial charge in [0.1, 0.15) is 0 Å². The van der Waals surface area contributed by atoms with Crippen LogP contribution < -0.4 is 5.32 Å². The molecule has 0 aromatic rings. The molecule has 0 radical (unpaired) electrons. The highest BCUT2D eigenvalue weighted by atomic mass is 14.9. The number of nitrogens with one attached hydrogen (secondary N) is 1. The van der Waals surface area contributed by atoms with E-state index in [-0.39, 0.29) is 0 Å². The van der Waals surface area contributed by atoms with Gasteiger partial charge >= 0.3 is 0 Å². The lowest BCUT2D eigenvalue weighted by atomic mass is 10.1. The molecule has 0 amide bonds. The topological polar surface area (TPSA) is 12.0 Å². The predicted molar refractivity (Wildman–Crippen MR) is 35.8 cm³/mol. The summed E-state index contributed by atoms with van der Waals surface area (Å²) in [5.41, 5.74) is 0. The second-order valence-corrected chi connectivity index (χ2v) is 2.52. The third-order valence-corrected chi connectivity index (χ3v) is 1.46. The lowest BCUT2D eigenvalue weighted by Crippen LogP contribution is -2.35. The second kappa shape index (κ2) is 2.31. The van der Waals surface area contributed by atoms with Crippen molar-refractivity contribution in [1.29, 1.82) is 0 Å². The summed E-state index contributed by atoms with van der Waals surface area (Å²) in [5.74, 6) is 0. The van der Waals surface area contributed by atoms with Gasteiger partial charge in [-0.2, -0.15) is 0 Å². The molecular formula is C7H13N. The van der Waals surface area contributed by atoms with Crippen molar-refractivity contribution in [2.45, 2.75) is 32.4 Å². The minimum absolute atomic E-state index is 0.582. The second-order valence-electron chi connectivity index (χ2n) is 2.52. The van der Waals surface area contributed by atoms with Gasteiger partial charge in [-0.3, -0.25) is 0 Å². The Labute approximate surface area is 50.8 Å². The average molecular weight is 111 g/mol. The summed E-state index contributed by atoms with van der Waals surface area (Å²) in [6.07, 6.45) is 5.64. The van der Waals surface area contributed by atoms with Crippen LogP contribution in [0, 0.1) is 0 Å². The van der Waals surface area contributed by atoms with Crippen molar-refractivity contribution in [3.8, 4) is 0 Å². The summed E-state index contributed by atoms with van der Waals surface area (Å²) in [7, 11) is 0. The fourth-order valence-corrected chi connectivity index (χ4v) is 1.06. The van der Waals surface area contributed by atoms with Crippen LogP contribution in [0.15, 0.2) is 12.2 Å². The Morgan fingerprint density at radius 2 is 2.25 bits per heavy atom.